The van der Waals surface area contributed by atoms with E-state index >= 15 is 0 Å². The lowest BCUT2D eigenvalue weighted by molar-refractivity contribution is -0.134. The Bertz CT molecular complexity index is 596. The molecule has 21 heavy (non-hydrogen) atoms. The number of rotatable bonds is 3. The molecule has 0 aliphatic carbocycles. The molecule has 1 aliphatic rings. The second kappa shape index (κ2) is 6.10. The highest BCUT2D eigenvalue weighted by Crippen LogP contribution is 2.25. The molecule has 0 bridgehead atoms. The maximum atomic E-state index is 12.5. The third-order valence-corrected chi connectivity index (χ3v) is 5.04. The van der Waals surface area contributed by atoms with Crippen molar-refractivity contribution in [3.63, 3.8) is 0 Å². The van der Waals surface area contributed by atoms with E-state index in [2.05, 4.69) is 28.7 Å². The Morgan fingerprint density at radius 3 is 2.76 bits per heavy atom. The van der Waals surface area contributed by atoms with Crippen molar-refractivity contribution in [1.29, 1.82) is 0 Å². The number of benzene rings is 1. The second-order valence-electron chi connectivity index (χ2n) is 5.78. The number of aromatic nitrogens is 2. The molecule has 0 spiro atoms. The zero-order valence-corrected chi connectivity index (χ0v) is 13.3. The van der Waals surface area contributed by atoms with Crippen molar-refractivity contribution >= 4 is 28.7 Å². The molecule has 1 aromatic carbocycles. The van der Waals surface area contributed by atoms with Gasteiger partial charge in [-0.15, -0.1) is 0 Å². The molecule has 1 aromatic heterocycles. The number of carbonyl (C=O) groups is 1. The maximum Gasteiger partial charge on any atom is 0.233 e. The van der Waals surface area contributed by atoms with Crippen LogP contribution in [0.1, 0.15) is 33.1 Å². The maximum absolute atomic E-state index is 12.5. The number of nitrogens with one attached hydrogen (secondary N) is 1. The smallest absolute Gasteiger partial charge is 0.233 e. The Kier molecular flexibility index (Phi) is 4.19. The third kappa shape index (κ3) is 3.07. The average Bonchev–Trinajstić information content (AvgIpc) is 2.87. The van der Waals surface area contributed by atoms with Gasteiger partial charge in [-0.05, 0) is 45.2 Å². The standard InChI is InChI=1S/C16H21N3OS/c1-11-6-5-7-12(2)19(11)15(20)10-21-16-17-13-8-3-4-9-14(13)18-16/h3-4,8-9,11-12H,5-7,10H2,1-2H3,(H,17,18)/t11-,12+. The van der Waals surface area contributed by atoms with Gasteiger partial charge in [-0.3, -0.25) is 4.79 Å². The first kappa shape index (κ1) is 14.4. The molecule has 5 heteroatoms. The van der Waals surface area contributed by atoms with Crippen molar-refractivity contribution in [2.75, 3.05) is 5.75 Å². The SMILES string of the molecule is C[C@@H]1CCC[C@H](C)N1C(=O)CSc1nc2ccccc2[nH]1. The molecule has 2 aromatic rings. The summed E-state index contributed by atoms with van der Waals surface area (Å²) in [6.45, 7) is 4.30. The molecular weight excluding hydrogens is 282 g/mol. The zero-order valence-electron chi connectivity index (χ0n) is 12.5. The molecule has 112 valence electrons. The average molecular weight is 303 g/mol. The largest absolute Gasteiger partial charge is 0.337 e. The summed E-state index contributed by atoms with van der Waals surface area (Å²) in [6, 6.07) is 8.65. The van der Waals surface area contributed by atoms with Crippen LogP contribution in [-0.2, 0) is 4.79 Å². The highest BCUT2D eigenvalue weighted by Gasteiger charge is 2.28. The van der Waals surface area contributed by atoms with E-state index in [4.69, 9.17) is 0 Å². The third-order valence-electron chi connectivity index (χ3n) is 4.18. The molecule has 1 saturated heterocycles. The van der Waals surface area contributed by atoms with Crippen LogP contribution in [0, 0.1) is 0 Å². The number of carbonyl (C=O) groups excluding carboxylic acids is 1. The molecule has 1 N–H and O–H groups in total. The molecule has 1 aliphatic heterocycles. The zero-order chi connectivity index (χ0) is 14.8. The van der Waals surface area contributed by atoms with Gasteiger partial charge < -0.3 is 9.88 Å². The summed E-state index contributed by atoms with van der Waals surface area (Å²) < 4.78 is 0. The number of thioether (sulfide) groups is 1. The van der Waals surface area contributed by atoms with Crippen LogP contribution in [0.25, 0.3) is 11.0 Å². The van der Waals surface area contributed by atoms with Gasteiger partial charge in [0.05, 0.1) is 16.8 Å². The van der Waals surface area contributed by atoms with Crippen molar-refractivity contribution < 1.29 is 4.79 Å². The summed E-state index contributed by atoms with van der Waals surface area (Å²) in [6.07, 6.45) is 3.46. The highest BCUT2D eigenvalue weighted by atomic mass is 32.2. The number of H-pyrrole nitrogens is 1. The van der Waals surface area contributed by atoms with Gasteiger partial charge in [-0.25, -0.2) is 4.98 Å². The number of hydrogen-bond acceptors (Lipinski definition) is 3. The minimum absolute atomic E-state index is 0.222. The second-order valence-corrected chi connectivity index (χ2v) is 6.74. The molecule has 0 saturated carbocycles. The number of nitrogens with zero attached hydrogens (tertiary/aromatic N) is 2. The Labute approximate surface area is 129 Å². The first-order valence-corrected chi connectivity index (χ1v) is 8.52. The van der Waals surface area contributed by atoms with E-state index in [9.17, 15) is 4.79 Å². The molecule has 0 radical (unpaired) electrons. The number of amides is 1. The lowest BCUT2D eigenvalue weighted by Crippen LogP contribution is -2.48. The predicted octanol–water partition coefficient (Wildman–Crippen LogP) is 3.44. The number of para-hydroxylation sites is 2. The van der Waals surface area contributed by atoms with Gasteiger partial charge in [0.2, 0.25) is 5.91 Å². The van der Waals surface area contributed by atoms with Crippen molar-refractivity contribution in [3.8, 4) is 0 Å². The number of likely N-dealkylation sites (tertiary alicyclic amines) is 1. The fraction of sp³-hybridized carbons (Fsp3) is 0.500. The van der Waals surface area contributed by atoms with Crippen molar-refractivity contribution in [2.45, 2.75) is 50.4 Å². The molecule has 4 nitrogen and oxygen atoms in total. The van der Waals surface area contributed by atoms with Crippen molar-refractivity contribution in [3.05, 3.63) is 24.3 Å². The van der Waals surface area contributed by atoms with Gasteiger partial charge >= 0.3 is 0 Å². The van der Waals surface area contributed by atoms with E-state index in [1.165, 1.54) is 18.2 Å². The fourth-order valence-corrected chi connectivity index (χ4v) is 3.87. The molecule has 2 heterocycles. The Morgan fingerprint density at radius 2 is 2.05 bits per heavy atom. The first-order chi connectivity index (χ1) is 10.1. The van der Waals surface area contributed by atoms with Crippen LogP contribution in [0.4, 0.5) is 0 Å². The van der Waals surface area contributed by atoms with E-state index in [0.29, 0.717) is 17.8 Å². The van der Waals surface area contributed by atoms with Crippen molar-refractivity contribution in [2.24, 2.45) is 0 Å². The topological polar surface area (TPSA) is 49.0 Å². The van der Waals surface area contributed by atoms with E-state index in [0.717, 1.165) is 29.0 Å². The van der Waals surface area contributed by atoms with E-state index in [1.807, 2.05) is 24.3 Å². The quantitative estimate of drug-likeness (QED) is 0.884. The predicted molar refractivity (Wildman–Crippen MR) is 86.4 cm³/mol. The number of aromatic amines is 1. The summed E-state index contributed by atoms with van der Waals surface area (Å²) in [5, 5.41) is 0.821. The van der Waals surface area contributed by atoms with Crippen molar-refractivity contribution in [1.82, 2.24) is 14.9 Å². The number of hydrogen-bond donors (Lipinski definition) is 1. The van der Waals surface area contributed by atoms with Gasteiger partial charge in [-0.1, -0.05) is 23.9 Å². The Morgan fingerprint density at radius 1 is 1.33 bits per heavy atom. The highest BCUT2D eigenvalue weighted by molar-refractivity contribution is 7.99. The number of fused-ring (bicyclic) bond motifs is 1. The normalized spacial score (nSPS) is 22.7. The van der Waals surface area contributed by atoms with E-state index in [1.54, 1.807) is 0 Å². The van der Waals surface area contributed by atoms with Crippen LogP contribution in [0.5, 0.6) is 0 Å². The lowest BCUT2D eigenvalue weighted by Gasteiger charge is -2.39. The van der Waals surface area contributed by atoms with E-state index in [-0.39, 0.29) is 5.91 Å². The van der Waals surface area contributed by atoms with Crippen LogP contribution < -0.4 is 0 Å². The lowest BCUT2D eigenvalue weighted by atomic mass is 9.98. The van der Waals surface area contributed by atoms with Gasteiger partial charge in [0.25, 0.3) is 0 Å². The fourth-order valence-electron chi connectivity index (χ4n) is 3.12. The summed E-state index contributed by atoms with van der Waals surface area (Å²) in [5.41, 5.74) is 1.97. The molecule has 1 amide bonds. The van der Waals surface area contributed by atoms with Crippen LogP contribution in [-0.4, -0.2) is 38.6 Å². The van der Waals surface area contributed by atoms with Gasteiger partial charge in [0.15, 0.2) is 5.16 Å². The first-order valence-electron chi connectivity index (χ1n) is 7.54. The molecule has 0 unspecified atom stereocenters. The van der Waals surface area contributed by atoms with Crippen LogP contribution >= 0.6 is 11.8 Å². The molecule has 2 atom stereocenters. The summed E-state index contributed by atoms with van der Waals surface area (Å²) in [7, 11) is 0. The molecular formula is C16H21N3OS. The monoisotopic (exact) mass is 303 g/mol. The van der Waals surface area contributed by atoms with Crippen LogP contribution in [0.3, 0.4) is 0 Å². The minimum Gasteiger partial charge on any atom is -0.337 e. The van der Waals surface area contributed by atoms with Gasteiger partial charge in [-0.2, -0.15) is 0 Å². The summed E-state index contributed by atoms with van der Waals surface area (Å²) >= 11 is 1.49. The van der Waals surface area contributed by atoms with E-state index < -0.39 is 0 Å². The van der Waals surface area contributed by atoms with Gasteiger partial charge in [0.1, 0.15) is 0 Å². The van der Waals surface area contributed by atoms with Crippen LogP contribution in [0.2, 0.25) is 0 Å². The molecule has 1 fully saturated rings. The minimum atomic E-state index is 0.222. The number of piperidine rings is 1. The van der Waals surface area contributed by atoms with Crippen LogP contribution in [0.15, 0.2) is 29.4 Å². The number of imidazole rings is 1. The Balaban J connectivity index is 1.65. The molecule has 3 rings (SSSR count). The summed E-state index contributed by atoms with van der Waals surface area (Å²) in [4.78, 5) is 22.3. The van der Waals surface area contributed by atoms with Gasteiger partial charge in [0, 0.05) is 12.1 Å². The Hall–Kier alpha value is -1.49. The summed E-state index contributed by atoms with van der Waals surface area (Å²) in [5.74, 6) is 0.675.